The second-order valence-electron chi connectivity index (χ2n) is 7.04. The van der Waals surface area contributed by atoms with Crippen molar-refractivity contribution in [1.29, 1.82) is 0 Å². The summed E-state index contributed by atoms with van der Waals surface area (Å²) in [5, 5.41) is 17.8. The van der Waals surface area contributed by atoms with E-state index < -0.39 is 6.92 Å². The molecule has 1 heterocycles. The Morgan fingerprint density at radius 1 is 0.833 bits per heavy atom. The zero-order chi connectivity index (χ0) is 17.3. The van der Waals surface area contributed by atoms with Gasteiger partial charge in [-0.1, -0.05) is 51.9 Å². The van der Waals surface area contributed by atoms with Crippen LogP contribution in [-0.4, -0.2) is 22.1 Å². The quantitative estimate of drug-likeness (QED) is 0.750. The first-order chi connectivity index (χ1) is 11.3. The Balaban J connectivity index is 1.85. The van der Waals surface area contributed by atoms with Crippen LogP contribution in [0.3, 0.4) is 0 Å². The molecule has 2 aromatic carbocycles. The van der Waals surface area contributed by atoms with Crippen molar-refractivity contribution in [3.8, 4) is 22.9 Å². The van der Waals surface area contributed by atoms with Crippen molar-refractivity contribution in [3.05, 3.63) is 54.1 Å². The predicted octanol–water partition coefficient (Wildman–Crippen LogP) is 3.52. The molecule has 0 amide bonds. The van der Waals surface area contributed by atoms with E-state index in [0.29, 0.717) is 11.8 Å². The summed E-state index contributed by atoms with van der Waals surface area (Å²) in [6.07, 6.45) is 0. The maximum Gasteiger partial charge on any atom is 0.320 e. The smallest absolute Gasteiger partial charge is 0.320 e. The fourth-order valence-electron chi connectivity index (χ4n) is 2.47. The van der Waals surface area contributed by atoms with Crippen LogP contribution in [0.15, 0.2) is 52.9 Å². The summed E-state index contributed by atoms with van der Waals surface area (Å²) < 4.78 is 5.80. The summed E-state index contributed by atoms with van der Waals surface area (Å²) >= 11 is 0. The molecule has 3 rings (SSSR count). The second kappa shape index (κ2) is 6.25. The van der Waals surface area contributed by atoms with Gasteiger partial charge in [-0.05, 0) is 40.7 Å². The number of hydrogen-bond acceptors (Lipinski definition) is 4. The standard InChI is InChI=1S/C19H21BN2O2/c1-19(2,3)15-9-5-13(6-10-15)17-21-22-18(24-17)14-7-11-16(12-8-14)20(4)23/h5-12,23H,1-4H3. The Hall–Kier alpha value is -2.40. The number of hydrogen-bond donors (Lipinski definition) is 1. The molecule has 0 fully saturated rings. The predicted molar refractivity (Wildman–Crippen MR) is 97.3 cm³/mol. The number of aromatic nitrogens is 2. The van der Waals surface area contributed by atoms with Crippen LogP contribution in [-0.2, 0) is 5.41 Å². The van der Waals surface area contributed by atoms with Crippen molar-refractivity contribution in [2.45, 2.75) is 33.0 Å². The lowest BCUT2D eigenvalue weighted by Gasteiger charge is -2.18. The van der Waals surface area contributed by atoms with Crippen LogP contribution >= 0.6 is 0 Å². The summed E-state index contributed by atoms with van der Waals surface area (Å²) in [7, 11) is 0. The van der Waals surface area contributed by atoms with Gasteiger partial charge in [-0.15, -0.1) is 10.2 Å². The molecule has 4 nitrogen and oxygen atoms in total. The van der Waals surface area contributed by atoms with Gasteiger partial charge in [-0.25, -0.2) is 0 Å². The average Bonchev–Trinajstić information content (AvgIpc) is 3.04. The largest absolute Gasteiger partial charge is 0.447 e. The normalized spacial score (nSPS) is 11.5. The van der Waals surface area contributed by atoms with Gasteiger partial charge in [-0.3, -0.25) is 0 Å². The van der Waals surface area contributed by atoms with E-state index >= 15 is 0 Å². The third kappa shape index (κ3) is 3.41. The fourth-order valence-corrected chi connectivity index (χ4v) is 2.47. The highest BCUT2D eigenvalue weighted by molar-refractivity contribution is 6.64. The molecule has 122 valence electrons. The Bertz CT molecular complexity index is 816. The molecule has 0 spiro atoms. The molecule has 5 heteroatoms. The van der Waals surface area contributed by atoms with Gasteiger partial charge in [0.1, 0.15) is 0 Å². The fraction of sp³-hybridized carbons (Fsp3) is 0.263. The van der Waals surface area contributed by atoms with Crippen LogP contribution in [0.25, 0.3) is 22.9 Å². The molecule has 0 radical (unpaired) electrons. The Morgan fingerprint density at radius 3 is 1.71 bits per heavy atom. The van der Waals surface area contributed by atoms with Crippen LogP contribution in [0.4, 0.5) is 0 Å². The number of benzene rings is 2. The first-order valence-corrected chi connectivity index (χ1v) is 8.07. The molecule has 0 saturated carbocycles. The number of rotatable bonds is 3. The topological polar surface area (TPSA) is 59.2 Å². The lowest BCUT2D eigenvalue weighted by molar-refractivity contribution is 0.582. The van der Waals surface area contributed by atoms with E-state index in [1.54, 1.807) is 6.82 Å². The molecule has 1 aromatic heterocycles. The van der Waals surface area contributed by atoms with E-state index in [4.69, 9.17) is 4.42 Å². The summed E-state index contributed by atoms with van der Waals surface area (Å²) in [6.45, 7) is 7.80. The van der Waals surface area contributed by atoms with Crippen molar-refractivity contribution in [1.82, 2.24) is 10.2 Å². The molecule has 0 atom stereocenters. The van der Waals surface area contributed by atoms with Crippen LogP contribution in [0.2, 0.25) is 6.82 Å². The third-order valence-corrected chi connectivity index (χ3v) is 4.06. The molecular weight excluding hydrogens is 299 g/mol. The van der Waals surface area contributed by atoms with Crippen molar-refractivity contribution < 1.29 is 9.44 Å². The van der Waals surface area contributed by atoms with Gasteiger partial charge in [0.05, 0.1) is 0 Å². The molecule has 3 aromatic rings. The third-order valence-electron chi connectivity index (χ3n) is 4.06. The molecular formula is C19H21BN2O2. The molecule has 24 heavy (non-hydrogen) atoms. The van der Waals surface area contributed by atoms with E-state index in [-0.39, 0.29) is 5.41 Å². The maximum atomic E-state index is 9.57. The highest BCUT2D eigenvalue weighted by Gasteiger charge is 2.15. The molecule has 0 saturated heterocycles. The van der Waals surface area contributed by atoms with Gasteiger partial charge in [0.2, 0.25) is 11.8 Å². The summed E-state index contributed by atoms with van der Waals surface area (Å²) in [6, 6.07) is 15.7. The van der Waals surface area contributed by atoms with E-state index in [0.717, 1.165) is 16.6 Å². The van der Waals surface area contributed by atoms with Crippen LogP contribution in [0, 0.1) is 0 Å². The van der Waals surface area contributed by atoms with Crippen LogP contribution in [0.5, 0.6) is 0 Å². The minimum atomic E-state index is -0.487. The number of nitrogens with zero attached hydrogens (tertiary/aromatic N) is 2. The lowest BCUT2D eigenvalue weighted by atomic mass is 9.64. The SMILES string of the molecule is CB(O)c1ccc(-c2nnc(-c3ccc(C(C)(C)C)cc3)o2)cc1. The van der Waals surface area contributed by atoms with Crippen molar-refractivity contribution in [3.63, 3.8) is 0 Å². The van der Waals surface area contributed by atoms with E-state index in [1.165, 1.54) is 5.56 Å². The molecule has 0 aliphatic carbocycles. The molecule has 0 aliphatic rings. The first-order valence-electron chi connectivity index (χ1n) is 8.07. The summed E-state index contributed by atoms with van der Waals surface area (Å²) in [5.74, 6) is 0.979. The van der Waals surface area contributed by atoms with Crippen LogP contribution < -0.4 is 5.46 Å². The van der Waals surface area contributed by atoms with Crippen molar-refractivity contribution in [2.75, 3.05) is 0 Å². The minimum absolute atomic E-state index is 0.115. The van der Waals surface area contributed by atoms with Gasteiger partial charge < -0.3 is 9.44 Å². The maximum absolute atomic E-state index is 9.57. The van der Waals surface area contributed by atoms with Crippen LogP contribution in [0.1, 0.15) is 26.3 Å². The Morgan fingerprint density at radius 2 is 1.29 bits per heavy atom. The van der Waals surface area contributed by atoms with Crippen molar-refractivity contribution in [2.24, 2.45) is 0 Å². The Kier molecular flexibility index (Phi) is 4.29. The van der Waals surface area contributed by atoms with Gasteiger partial charge in [0.15, 0.2) is 0 Å². The summed E-state index contributed by atoms with van der Waals surface area (Å²) in [4.78, 5) is 0. The summed E-state index contributed by atoms with van der Waals surface area (Å²) in [5.41, 5.74) is 3.98. The van der Waals surface area contributed by atoms with Gasteiger partial charge in [0.25, 0.3) is 0 Å². The Labute approximate surface area is 142 Å². The minimum Gasteiger partial charge on any atom is -0.447 e. The van der Waals surface area contributed by atoms with E-state index in [1.807, 2.05) is 36.4 Å². The molecule has 1 N–H and O–H groups in total. The molecule has 0 aliphatic heterocycles. The monoisotopic (exact) mass is 320 g/mol. The van der Waals surface area contributed by atoms with Gasteiger partial charge >= 0.3 is 6.92 Å². The van der Waals surface area contributed by atoms with E-state index in [9.17, 15) is 5.02 Å². The highest BCUT2D eigenvalue weighted by atomic mass is 16.4. The van der Waals surface area contributed by atoms with Crippen molar-refractivity contribution >= 4 is 12.4 Å². The average molecular weight is 320 g/mol. The highest BCUT2D eigenvalue weighted by Crippen LogP contribution is 2.27. The molecule has 0 bridgehead atoms. The van der Waals surface area contributed by atoms with Gasteiger partial charge in [0, 0.05) is 11.1 Å². The second-order valence-corrected chi connectivity index (χ2v) is 7.04. The van der Waals surface area contributed by atoms with E-state index in [2.05, 4.69) is 43.1 Å². The first kappa shape index (κ1) is 16.5. The lowest BCUT2D eigenvalue weighted by Crippen LogP contribution is -2.25. The zero-order valence-corrected chi connectivity index (χ0v) is 14.4. The zero-order valence-electron chi connectivity index (χ0n) is 14.4. The molecule has 0 unspecified atom stereocenters. The van der Waals surface area contributed by atoms with Gasteiger partial charge in [-0.2, -0.15) is 0 Å².